The summed E-state index contributed by atoms with van der Waals surface area (Å²) in [6.45, 7) is 9.05. The largest absolute Gasteiger partial charge is 0.377 e. The lowest BCUT2D eigenvalue weighted by molar-refractivity contribution is -0.0269. The minimum absolute atomic E-state index is 0.0730. The molecule has 0 heterocycles. The number of ether oxygens (including phenoxy) is 3. The summed E-state index contributed by atoms with van der Waals surface area (Å²) in [5.74, 6) is 0. The quantitative estimate of drug-likeness (QED) is 0.518. The Labute approximate surface area is 105 Å². The van der Waals surface area contributed by atoms with Crippen LogP contribution in [0.4, 0.5) is 0 Å². The van der Waals surface area contributed by atoms with E-state index < -0.39 is 0 Å². The molecule has 0 rings (SSSR count). The van der Waals surface area contributed by atoms with Crippen LogP contribution in [0.3, 0.4) is 0 Å². The van der Waals surface area contributed by atoms with E-state index in [1.54, 1.807) is 0 Å². The molecular formula is C12H28N2O3. The topological polar surface area (TPSA) is 65.7 Å². The van der Waals surface area contributed by atoms with Crippen LogP contribution in [0.1, 0.15) is 20.8 Å². The Bertz CT molecular complexity index is 168. The normalized spacial score (nSPS) is 16.8. The molecule has 0 radical (unpaired) electrons. The molecule has 0 spiro atoms. The summed E-state index contributed by atoms with van der Waals surface area (Å²) in [5, 5.41) is 3.10. The van der Waals surface area contributed by atoms with Crippen molar-refractivity contribution >= 4 is 0 Å². The molecule has 0 aliphatic rings. The standard InChI is InChI=1S/C12H28N2O3/c1-10(13)7-17-12(3)9-16-6-5-15-8-11(2)14-4/h10-12,14H,5-9,13H2,1-4H3. The molecule has 5 nitrogen and oxygen atoms in total. The van der Waals surface area contributed by atoms with Crippen LogP contribution < -0.4 is 11.1 Å². The average molecular weight is 248 g/mol. The Balaban J connectivity index is 3.21. The zero-order chi connectivity index (χ0) is 13.1. The third-order valence-electron chi connectivity index (χ3n) is 2.23. The first-order chi connectivity index (χ1) is 8.06. The second-order valence-electron chi connectivity index (χ2n) is 4.46. The molecule has 0 aliphatic carbocycles. The van der Waals surface area contributed by atoms with Crippen LogP contribution in [0.15, 0.2) is 0 Å². The van der Waals surface area contributed by atoms with Crippen LogP contribution in [0.5, 0.6) is 0 Å². The molecule has 0 bridgehead atoms. The van der Waals surface area contributed by atoms with Gasteiger partial charge in [-0.05, 0) is 27.8 Å². The Morgan fingerprint density at radius 2 is 1.59 bits per heavy atom. The van der Waals surface area contributed by atoms with Crippen LogP contribution in [-0.4, -0.2) is 58.3 Å². The van der Waals surface area contributed by atoms with Gasteiger partial charge >= 0.3 is 0 Å². The van der Waals surface area contributed by atoms with Gasteiger partial charge in [-0.15, -0.1) is 0 Å². The highest BCUT2D eigenvalue weighted by Crippen LogP contribution is 1.93. The van der Waals surface area contributed by atoms with E-state index in [9.17, 15) is 0 Å². The molecular weight excluding hydrogens is 220 g/mol. The molecule has 0 amide bonds. The van der Waals surface area contributed by atoms with Gasteiger partial charge in [0.05, 0.1) is 39.1 Å². The first kappa shape index (κ1) is 16.8. The number of rotatable bonds is 11. The number of nitrogens with two attached hydrogens (primary N) is 1. The Morgan fingerprint density at radius 1 is 1.00 bits per heavy atom. The van der Waals surface area contributed by atoms with E-state index in [-0.39, 0.29) is 12.1 Å². The molecule has 3 unspecified atom stereocenters. The van der Waals surface area contributed by atoms with Crippen molar-refractivity contribution in [2.75, 3.05) is 40.1 Å². The smallest absolute Gasteiger partial charge is 0.0781 e. The van der Waals surface area contributed by atoms with Gasteiger partial charge in [0.25, 0.3) is 0 Å². The maximum absolute atomic E-state index is 5.58. The van der Waals surface area contributed by atoms with E-state index in [4.69, 9.17) is 19.9 Å². The highest BCUT2D eigenvalue weighted by molar-refractivity contribution is 4.54. The lowest BCUT2D eigenvalue weighted by Crippen LogP contribution is -2.28. The summed E-state index contributed by atoms with van der Waals surface area (Å²) in [6.07, 6.45) is 0.0808. The van der Waals surface area contributed by atoms with Gasteiger partial charge in [-0.3, -0.25) is 0 Å². The van der Waals surface area contributed by atoms with E-state index in [2.05, 4.69) is 12.2 Å². The summed E-state index contributed by atoms with van der Waals surface area (Å²) in [7, 11) is 1.92. The fourth-order valence-electron chi connectivity index (χ4n) is 1.07. The second kappa shape index (κ2) is 10.9. The van der Waals surface area contributed by atoms with Crippen molar-refractivity contribution in [2.45, 2.75) is 39.0 Å². The number of hydrogen-bond acceptors (Lipinski definition) is 5. The van der Waals surface area contributed by atoms with Crippen LogP contribution in [-0.2, 0) is 14.2 Å². The number of hydrogen-bond donors (Lipinski definition) is 2. The molecule has 0 saturated carbocycles. The van der Waals surface area contributed by atoms with Crippen molar-refractivity contribution in [1.82, 2.24) is 5.32 Å². The van der Waals surface area contributed by atoms with E-state index >= 15 is 0 Å². The van der Waals surface area contributed by atoms with Crippen LogP contribution in [0, 0.1) is 0 Å². The van der Waals surface area contributed by atoms with E-state index in [0.717, 1.165) is 0 Å². The molecule has 3 N–H and O–H groups in total. The first-order valence-corrected chi connectivity index (χ1v) is 6.26. The second-order valence-corrected chi connectivity index (χ2v) is 4.46. The van der Waals surface area contributed by atoms with E-state index in [1.165, 1.54) is 0 Å². The van der Waals surface area contributed by atoms with Gasteiger partial charge in [0, 0.05) is 12.1 Å². The zero-order valence-electron chi connectivity index (χ0n) is 11.6. The van der Waals surface area contributed by atoms with Gasteiger partial charge in [0.1, 0.15) is 0 Å². The SMILES string of the molecule is CNC(C)COCCOCC(C)OCC(C)N. The summed E-state index contributed by atoms with van der Waals surface area (Å²) >= 11 is 0. The molecule has 5 heteroatoms. The van der Waals surface area contributed by atoms with E-state index in [0.29, 0.717) is 39.1 Å². The third-order valence-corrected chi connectivity index (χ3v) is 2.23. The van der Waals surface area contributed by atoms with Crippen molar-refractivity contribution in [3.63, 3.8) is 0 Å². The molecule has 0 aromatic heterocycles. The van der Waals surface area contributed by atoms with Crippen LogP contribution in [0.25, 0.3) is 0 Å². The number of nitrogens with one attached hydrogen (secondary N) is 1. The van der Waals surface area contributed by atoms with Gasteiger partial charge < -0.3 is 25.3 Å². The Morgan fingerprint density at radius 3 is 2.12 bits per heavy atom. The number of likely N-dealkylation sites (N-methyl/N-ethyl adjacent to an activating group) is 1. The molecule has 0 aromatic carbocycles. The van der Waals surface area contributed by atoms with Crippen LogP contribution in [0.2, 0.25) is 0 Å². The molecule has 0 saturated heterocycles. The third kappa shape index (κ3) is 12.1. The summed E-state index contributed by atoms with van der Waals surface area (Å²) in [5.41, 5.74) is 5.58. The maximum Gasteiger partial charge on any atom is 0.0781 e. The average Bonchev–Trinajstić information content (AvgIpc) is 2.30. The lowest BCUT2D eigenvalue weighted by Gasteiger charge is -2.15. The Kier molecular flexibility index (Phi) is 10.8. The van der Waals surface area contributed by atoms with Gasteiger partial charge in [0.15, 0.2) is 0 Å². The van der Waals surface area contributed by atoms with Crippen molar-refractivity contribution in [3.8, 4) is 0 Å². The van der Waals surface area contributed by atoms with Gasteiger partial charge in [0.2, 0.25) is 0 Å². The molecule has 3 atom stereocenters. The lowest BCUT2D eigenvalue weighted by atomic mass is 10.4. The van der Waals surface area contributed by atoms with E-state index in [1.807, 2.05) is 20.9 Å². The highest BCUT2D eigenvalue weighted by atomic mass is 16.5. The fraction of sp³-hybridized carbons (Fsp3) is 1.00. The predicted molar refractivity (Wildman–Crippen MR) is 69.2 cm³/mol. The van der Waals surface area contributed by atoms with Crippen molar-refractivity contribution in [1.29, 1.82) is 0 Å². The van der Waals surface area contributed by atoms with Gasteiger partial charge in [-0.2, -0.15) is 0 Å². The Hall–Kier alpha value is -0.200. The monoisotopic (exact) mass is 248 g/mol. The molecule has 104 valence electrons. The molecule has 0 aromatic rings. The van der Waals surface area contributed by atoms with Crippen LogP contribution >= 0.6 is 0 Å². The summed E-state index contributed by atoms with van der Waals surface area (Å²) < 4.78 is 16.3. The fourth-order valence-corrected chi connectivity index (χ4v) is 1.07. The van der Waals surface area contributed by atoms with Gasteiger partial charge in [-0.1, -0.05) is 0 Å². The zero-order valence-corrected chi connectivity index (χ0v) is 11.6. The van der Waals surface area contributed by atoms with Crippen molar-refractivity contribution < 1.29 is 14.2 Å². The minimum Gasteiger partial charge on any atom is -0.377 e. The molecule has 0 aliphatic heterocycles. The summed E-state index contributed by atoms with van der Waals surface area (Å²) in [6, 6.07) is 0.451. The van der Waals surface area contributed by atoms with Crippen molar-refractivity contribution in [2.24, 2.45) is 5.73 Å². The molecule has 17 heavy (non-hydrogen) atoms. The van der Waals surface area contributed by atoms with Crippen molar-refractivity contribution in [3.05, 3.63) is 0 Å². The molecule has 0 fully saturated rings. The summed E-state index contributed by atoms with van der Waals surface area (Å²) in [4.78, 5) is 0. The maximum atomic E-state index is 5.58. The minimum atomic E-state index is 0.0730. The predicted octanol–water partition coefficient (Wildman–Crippen LogP) is 0.380. The first-order valence-electron chi connectivity index (χ1n) is 6.26. The van der Waals surface area contributed by atoms with Gasteiger partial charge in [-0.25, -0.2) is 0 Å². The highest BCUT2D eigenvalue weighted by Gasteiger charge is 2.04.